The first-order valence-electron chi connectivity index (χ1n) is 6.98. The number of hydrogen-bond acceptors (Lipinski definition) is 0. The van der Waals surface area contributed by atoms with Crippen LogP contribution in [0.15, 0.2) is 91.0 Å². The third-order valence-electron chi connectivity index (χ3n) is 3.23. The first-order chi connectivity index (χ1) is 10.4. The normalized spacial score (nSPS) is 9.95. The average molecular weight is 283 g/mol. The summed E-state index contributed by atoms with van der Waals surface area (Å²) in [5.41, 5.74) is 4.60. The molecule has 0 aliphatic carbocycles. The van der Waals surface area contributed by atoms with Gasteiger partial charge in [-0.05, 0) is 22.5 Å². The Morgan fingerprint density at radius 1 is 0.524 bits per heavy atom. The minimum atomic E-state index is -1.06. The van der Waals surface area contributed by atoms with Gasteiger partial charge in [0.05, 0.1) is 0 Å². The molecule has 0 saturated carbocycles. The zero-order valence-corrected chi connectivity index (χ0v) is 12.7. The minimum absolute atomic E-state index is 1.06. The lowest BCUT2D eigenvalue weighted by molar-refractivity contribution is 1.65. The molecule has 0 spiro atoms. The van der Waals surface area contributed by atoms with Crippen LogP contribution in [0.3, 0.4) is 0 Å². The van der Waals surface area contributed by atoms with Crippen molar-refractivity contribution in [2.24, 2.45) is 0 Å². The second-order valence-corrected chi connectivity index (χ2v) is 6.88. The molecule has 0 aliphatic rings. The molecule has 3 aromatic rings. The molecular weight excluding hydrogens is 268 g/mol. The molecule has 0 atom stereocenters. The smallest absolute Gasteiger partial charge is 0.116 e. The van der Waals surface area contributed by atoms with Crippen molar-refractivity contribution in [1.82, 2.24) is 0 Å². The molecule has 0 bridgehead atoms. The molecule has 0 fully saturated rings. The van der Waals surface area contributed by atoms with Crippen LogP contribution in [0, 0.1) is 11.5 Å². The van der Waals surface area contributed by atoms with Crippen LogP contribution in [0.5, 0.6) is 0 Å². The van der Waals surface area contributed by atoms with Gasteiger partial charge in [0.2, 0.25) is 8.80 Å². The summed E-state index contributed by atoms with van der Waals surface area (Å²) in [6.07, 6.45) is 0. The van der Waals surface area contributed by atoms with Crippen molar-refractivity contribution in [2.45, 2.75) is 0 Å². The maximum absolute atomic E-state index is 3.52. The first kappa shape index (κ1) is 13.4. The predicted molar refractivity (Wildman–Crippen MR) is 91.2 cm³/mol. The maximum atomic E-state index is 3.52. The number of benzene rings is 3. The molecule has 1 heteroatoms. The van der Waals surface area contributed by atoms with Gasteiger partial charge >= 0.3 is 0 Å². The second kappa shape index (κ2) is 6.74. The van der Waals surface area contributed by atoms with Crippen molar-refractivity contribution in [1.29, 1.82) is 0 Å². The molecule has 0 N–H and O–H groups in total. The summed E-state index contributed by atoms with van der Waals surface area (Å²) in [6, 6.07) is 31.4. The molecule has 0 heterocycles. The summed E-state index contributed by atoms with van der Waals surface area (Å²) < 4.78 is 0. The van der Waals surface area contributed by atoms with Crippen LogP contribution in [0.1, 0.15) is 5.56 Å². The molecule has 0 aromatic heterocycles. The van der Waals surface area contributed by atoms with E-state index < -0.39 is 8.80 Å². The fourth-order valence-corrected chi connectivity index (χ4v) is 4.12. The van der Waals surface area contributed by atoms with Crippen molar-refractivity contribution < 1.29 is 0 Å². The van der Waals surface area contributed by atoms with Gasteiger partial charge in [-0.2, -0.15) is 0 Å². The van der Waals surface area contributed by atoms with Gasteiger partial charge in [-0.15, -0.1) is 5.54 Å². The Hall–Kier alpha value is -2.56. The topological polar surface area (TPSA) is 0 Å². The van der Waals surface area contributed by atoms with Crippen LogP contribution in [-0.2, 0) is 0 Å². The zero-order valence-electron chi connectivity index (χ0n) is 11.7. The van der Waals surface area contributed by atoms with E-state index in [0.29, 0.717) is 0 Å². The highest BCUT2D eigenvalue weighted by molar-refractivity contribution is 6.91. The lowest BCUT2D eigenvalue weighted by atomic mass is 10.2. The van der Waals surface area contributed by atoms with Gasteiger partial charge in [0.1, 0.15) is 0 Å². The van der Waals surface area contributed by atoms with Gasteiger partial charge in [0.25, 0.3) is 0 Å². The third-order valence-corrected chi connectivity index (χ3v) is 5.43. The monoisotopic (exact) mass is 283 g/mol. The van der Waals surface area contributed by atoms with Crippen LogP contribution >= 0.6 is 0 Å². The highest BCUT2D eigenvalue weighted by atomic mass is 28.3. The predicted octanol–water partition coefficient (Wildman–Crippen LogP) is 2.89. The van der Waals surface area contributed by atoms with Crippen molar-refractivity contribution in [2.75, 3.05) is 0 Å². The molecule has 1 radical (unpaired) electrons. The first-order valence-corrected chi connectivity index (χ1v) is 8.48. The van der Waals surface area contributed by atoms with Crippen molar-refractivity contribution >= 4 is 19.2 Å². The van der Waals surface area contributed by atoms with Crippen molar-refractivity contribution in [3.63, 3.8) is 0 Å². The van der Waals surface area contributed by atoms with E-state index in [2.05, 4.69) is 84.3 Å². The Morgan fingerprint density at radius 2 is 0.952 bits per heavy atom. The fourth-order valence-electron chi connectivity index (χ4n) is 2.18. The third kappa shape index (κ3) is 3.50. The summed E-state index contributed by atoms with van der Waals surface area (Å²) >= 11 is 0. The van der Waals surface area contributed by atoms with E-state index in [0.717, 1.165) is 5.56 Å². The Morgan fingerprint density at radius 3 is 1.43 bits per heavy atom. The molecule has 0 aliphatic heterocycles. The summed E-state index contributed by atoms with van der Waals surface area (Å²) in [6.45, 7) is 0. The quantitative estimate of drug-likeness (QED) is 0.501. The highest BCUT2D eigenvalue weighted by Crippen LogP contribution is 1.97. The Bertz CT molecular complexity index is 698. The van der Waals surface area contributed by atoms with Crippen molar-refractivity contribution in [3.8, 4) is 11.5 Å². The zero-order chi connectivity index (χ0) is 14.3. The fraction of sp³-hybridized carbons (Fsp3) is 0. The second-order valence-electron chi connectivity index (χ2n) is 4.72. The van der Waals surface area contributed by atoms with Crippen molar-refractivity contribution in [3.05, 3.63) is 96.6 Å². The Labute approximate surface area is 127 Å². The van der Waals surface area contributed by atoms with Gasteiger partial charge in [0.15, 0.2) is 0 Å². The summed E-state index contributed by atoms with van der Waals surface area (Å²) in [7, 11) is -1.06. The van der Waals surface area contributed by atoms with E-state index in [1.807, 2.05) is 18.2 Å². The number of rotatable bonds is 2. The van der Waals surface area contributed by atoms with E-state index in [9.17, 15) is 0 Å². The lowest BCUT2D eigenvalue weighted by Crippen LogP contribution is -2.41. The van der Waals surface area contributed by atoms with Gasteiger partial charge < -0.3 is 0 Å². The molecule has 3 rings (SSSR count). The molecule has 21 heavy (non-hydrogen) atoms. The summed E-state index contributed by atoms with van der Waals surface area (Å²) in [5.74, 6) is 3.34. The largest absolute Gasteiger partial charge is 0.213 e. The summed E-state index contributed by atoms with van der Waals surface area (Å²) in [5, 5.41) is 2.66. The van der Waals surface area contributed by atoms with E-state index in [1.54, 1.807) is 0 Å². The summed E-state index contributed by atoms with van der Waals surface area (Å²) in [4.78, 5) is 0. The Kier molecular flexibility index (Phi) is 4.31. The molecule has 0 nitrogen and oxygen atoms in total. The van der Waals surface area contributed by atoms with Crippen LogP contribution in [0.2, 0.25) is 0 Å². The van der Waals surface area contributed by atoms with Gasteiger partial charge in [-0.3, -0.25) is 0 Å². The van der Waals surface area contributed by atoms with Gasteiger partial charge in [-0.25, -0.2) is 0 Å². The van der Waals surface area contributed by atoms with Gasteiger partial charge in [0, 0.05) is 5.56 Å². The van der Waals surface area contributed by atoms with Crippen LogP contribution in [0.4, 0.5) is 0 Å². The standard InChI is InChI=1S/C20H15Si/c1-4-10-18(11-5-1)16-17-21(19-12-6-2-7-13-19)20-14-8-3-9-15-20/h1-15H. The van der Waals surface area contributed by atoms with E-state index in [-0.39, 0.29) is 0 Å². The van der Waals surface area contributed by atoms with Crippen LogP contribution in [0.25, 0.3) is 0 Å². The van der Waals surface area contributed by atoms with Crippen LogP contribution < -0.4 is 10.4 Å². The number of hydrogen-bond donors (Lipinski definition) is 0. The van der Waals surface area contributed by atoms with Gasteiger partial charge in [-0.1, -0.05) is 84.8 Å². The molecule has 0 amide bonds. The lowest BCUT2D eigenvalue weighted by Gasteiger charge is -2.08. The molecule has 0 unspecified atom stereocenters. The molecular formula is C20H15Si. The van der Waals surface area contributed by atoms with E-state index in [1.165, 1.54) is 10.4 Å². The molecule has 3 aromatic carbocycles. The van der Waals surface area contributed by atoms with E-state index in [4.69, 9.17) is 0 Å². The Balaban J connectivity index is 2.00. The minimum Gasteiger partial charge on any atom is -0.116 e. The highest BCUT2D eigenvalue weighted by Gasteiger charge is 2.13. The van der Waals surface area contributed by atoms with E-state index >= 15 is 0 Å². The average Bonchev–Trinajstić information content (AvgIpc) is 2.58. The SMILES string of the molecule is C(#C[Si](c1ccccc1)c1ccccc1)c1ccccc1. The molecule has 0 saturated heterocycles. The molecule has 99 valence electrons. The maximum Gasteiger partial charge on any atom is 0.213 e. The van der Waals surface area contributed by atoms with Crippen LogP contribution in [-0.4, -0.2) is 8.80 Å².